The average molecular weight is 730 g/mol. The Kier molecular flexibility index (Phi) is 6.72. The first-order valence-corrected chi connectivity index (χ1v) is 19.8. The summed E-state index contributed by atoms with van der Waals surface area (Å²) in [5.41, 5.74) is 15.3. The van der Waals surface area contributed by atoms with Gasteiger partial charge in [0.05, 0.1) is 5.41 Å². The zero-order valence-corrected chi connectivity index (χ0v) is 31.0. The average Bonchev–Trinajstić information content (AvgIpc) is 3.90. The fourth-order valence-electron chi connectivity index (χ4n) is 9.33. The van der Waals surface area contributed by atoms with Gasteiger partial charge in [-0.2, -0.15) is 0 Å². The lowest BCUT2D eigenvalue weighted by atomic mass is 9.70. The molecule has 10 aromatic rings. The minimum atomic E-state index is -0.393. The van der Waals surface area contributed by atoms with Crippen molar-refractivity contribution in [1.82, 2.24) is 15.0 Å². The summed E-state index contributed by atoms with van der Waals surface area (Å²) in [4.78, 5) is 15.3. The number of benzene rings is 8. The van der Waals surface area contributed by atoms with Crippen LogP contribution in [0.2, 0.25) is 0 Å². The smallest absolute Gasteiger partial charge is 0.164 e. The van der Waals surface area contributed by atoms with Crippen molar-refractivity contribution in [3.8, 4) is 67.5 Å². The molecular weight excluding hydrogens is 699 g/mol. The second-order valence-corrected chi connectivity index (χ2v) is 15.8. The summed E-state index contributed by atoms with van der Waals surface area (Å²) in [6.07, 6.45) is 0. The number of hydrogen-bond donors (Lipinski definition) is 0. The highest BCUT2D eigenvalue weighted by Gasteiger charge is 2.51. The molecule has 1 spiro atoms. The van der Waals surface area contributed by atoms with Crippen LogP contribution in [0, 0.1) is 0 Å². The van der Waals surface area contributed by atoms with Crippen LogP contribution >= 0.6 is 11.3 Å². The van der Waals surface area contributed by atoms with Crippen LogP contribution in [0.1, 0.15) is 22.3 Å². The Morgan fingerprint density at radius 1 is 0.304 bits per heavy atom. The summed E-state index contributed by atoms with van der Waals surface area (Å²) < 4.78 is 2.50. The molecular formula is C52H31N3S. The van der Waals surface area contributed by atoms with Gasteiger partial charge < -0.3 is 0 Å². The molecule has 0 N–H and O–H groups in total. The van der Waals surface area contributed by atoms with Crippen molar-refractivity contribution in [2.24, 2.45) is 0 Å². The molecule has 0 fully saturated rings. The van der Waals surface area contributed by atoms with E-state index in [-0.39, 0.29) is 0 Å². The molecule has 12 rings (SSSR count). The van der Waals surface area contributed by atoms with Crippen LogP contribution in [0.15, 0.2) is 188 Å². The van der Waals surface area contributed by atoms with Gasteiger partial charge in [-0.25, -0.2) is 15.0 Å². The molecule has 0 aliphatic heterocycles. The van der Waals surface area contributed by atoms with Crippen LogP contribution in [0.4, 0.5) is 0 Å². The monoisotopic (exact) mass is 729 g/mol. The van der Waals surface area contributed by atoms with Gasteiger partial charge in [-0.05, 0) is 79.9 Å². The number of aromatic nitrogens is 3. The molecule has 0 radical (unpaired) electrons. The van der Waals surface area contributed by atoms with Gasteiger partial charge in [-0.1, -0.05) is 164 Å². The topological polar surface area (TPSA) is 38.7 Å². The molecule has 4 heteroatoms. The first-order valence-electron chi connectivity index (χ1n) is 19.0. The van der Waals surface area contributed by atoms with E-state index in [1.54, 1.807) is 11.3 Å². The zero-order valence-electron chi connectivity index (χ0n) is 30.1. The molecule has 0 amide bonds. The Morgan fingerprint density at radius 3 is 1.48 bits per heavy atom. The minimum absolute atomic E-state index is 0.393. The fourth-order valence-corrected chi connectivity index (χ4v) is 10.5. The normalized spacial score (nSPS) is 13.1. The van der Waals surface area contributed by atoms with Gasteiger partial charge in [0.2, 0.25) is 0 Å². The Balaban J connectivity index is 1.02. The summed E-state index contributed by atoms with van der Waals surface area (Å²) in [6.45, 7) is 0. The van der Waals surface area contributed by atoms with E-state index in [1.165, 1.54) is 64.7 Å². The van der Waals surface area contributed by atoms with Gasteiger partial charge in [0.1, 0.15) is 0 Å². The molecule has 2 aliphatic carbocycles. The largest absolute Gasteiger partial charge is 0.208 e. The molecule has 0 saturated carbocycles. The van der Waals surface area contributed by atoms with E-state index >= 15 is 0 Å². The van der Waals surface area contributed by atoms with E-state index in [0.29, 0.717) is 17.5 Å². The molecule has 2 aliphatic rings. The van der Waals surface area contributed by atoms with Crippen molar-refractivity contribution in [2.75, 3.05) is 0 Å². The Hall–Kier alpha value is -7.01. The maximum atomic E-state index is 5.17. The van der Waals surface area contributed by atoms with E-state index in [0.717, 1.165) is 27.8 Å². The lowest BCUT2D eigenvalue weighted by molar-refractivity contribution is 0.794. The van der Waals surface area contributed by atoms with Crippen molar-refractivity contribution < 1.29 is 0 Å². The molecule has 2 heterocycles. The van der Waals surface area contributed by atoms with Crippen molar-refractivity contribution in [3.63, 3.8) is 0 Å². The lowest BCUT2D eigenvalue weighted by Gasteiger charge is -2.30. The van der Waals surface area contributed by atoms with Crippen molar-refractivity contribution in [1.29, 1.82) is 0 Å². The Bertz CT molecular complexity index is 3150. The molecule has 260 valence electrons. The van der Waals surface area contributed by atoms with E-state index in [2.05, 4.69) is 170 Å². The zero-order chi connectivity index (χ0) is 36.8. The highest BCUT2D eigenvalue weighted by molar-refractivity contribution is 7.25. The maximum Gasteiger partial charge on any atom is 0.164 e. The molecule has 8 aromatic carbocycles. The molecule has 3 nitrogen and oxygen atoms in total. The Labute approximate surface area is 328 Å². The van der Waals surface area contributed by atoms with Crippen LogP contribution in [-0.2, 0) is 5.41 Å². The number of rotatable bonds is 4. The summed E-state index contributed by atoms with van der Waals surface area (Å²) in [6, 6.07) is 68.0. The van der Waals surface area contributed by atoms with Crippen molar-refractivity contribution in [2.45, 2.75) is 5.41 Å². The quantitative estimate of drug-likeness (QED) is 0.181. The number of hydrogen-bond acceptors (Lipinski definition) is 4. The Morgan fingerprint density at radius 2 is 0.786 bits per heavy atom. The van der Waals surface area contributed by atoms with Crippen LogP contribution < -0.4 is 0 Å². The van der Waals surface area contributed by atoms with Crippen molar-refractivity contribution >= 4 is 31.5 Å². The van der Waals surface area contributed by atoms with Gasteiger partial charge in [0.15, 0.2) is 17.5 Å². The van der Waals surface area contributed by atoms with E-state index in [4.69, 9.17) is 15.0 Å². The minimum Gasteiger partial charge on any atom is -0.208 e. The third-order valence-corrected chi connectivity index (χ3v) is 12.9. The van der Waals surface area contributed by atoms with E-state index in [9.17, 15) is 0 Å². The predicted octanol–water partition coefficient (Wildman–Crippen LogP) is 13.3. The van der Waals surface area contributed by atoms with Gasteiger partial charge in [0, 0.05) is 36.9 Å². The third kappa shape index (κ3) is 4.48. The summed E-state index contributed by atoms with van der Waals surface area (Å²) >= 11 is 1.80. The van der Waals surface area contributed by atoms with Gasteiger partial charge in [-0.15, -0.1) is 11.3 Å². The SMILES string of the molecule is c1ccc(-c2nc(-c3cccc(-c4ccc5c(c4)C4(c6ccccc6-c6ccccc64)c4ccccc4-5)c3)nc(-c3ccc4c(c3)sc3ccccc34)n2)cc1. The predicted molar refractivity (Wildman–Crippen MR) is 231 cm³/mol. The molecule has 56 heavy (non-hydrogen) atoms. The van der Waals surface area contributed by atoms with Crippen LogP contribution in [-0.4, -0.2) is 15.0 Å². The standard InChI is InChI=1S/C52H31N3S/c1-2-13-32(14-3-1)49-53-50(55-51(54-49)36-26-28-42-41-20-7-11-24-47(41)56-48(42)31-36)35-16-12-15-33(29-35)34-25-27-40-39-19-6-10-23-45(39)52(46(40)30-34)43-21-8-4-17-37(43)38-18-5-9-22-44(38)52/h1-31H. The third-order valence-electron chi connectivity index (χ3n) is 11.8. The van der Waals surface area contributed by atoms with Gasteiger partial charge in [0.25, 0.3) is 0 Å². The lowest BCUT2D eigenvalue weighted by Crippen LogP contribution is -2.25. The fraction of sp³-hybridized carbons (Fsp3) is 0.0192. The molecule has 0 unspecified atom stereocenters. The van der Waals surface area contributed by atoms with Crippen LogP contribution in [0.25, 0.3) is 87.7 Å². The van der Waals surface area contributed by atoms with Gasteiger partial charge >= 0.3 is 0 Å². The first kappa shape index (κ1) is 31.4. The van der Waals surface area contributed by atoms with E-state index in [1.807, 2.05) is 18.2 Å². The number of thiophene rings is 1. The van der Waals surface area contributed by atoms with Crippen LogP contribution in [0.5, 0.6) is 0 Å². The van der Waals surface area contributed by atoms with E-state index < -0.39 is 5.41 Å². The number of fused-ring (bicyclic) bond motifs is 13. The highest BCUT2D eigenvalue weighted by atomic mass is 32.1. The summed E-state index contributed by atoms with van der Waals surface area (Å²) in [7, 11) is 0. The molecule has 0 atom stereocenters. The molecule has 0 bridgehead atoms. The number of nitrogens with zero attached hydrogens (tertiary/aromatic N) is 3. The van der Waals surface area contributed by atoms with Gasteiger partial charge in [-0.3, -0.25) is 0 Å². The second-order valence-electron chi connectivity index (χ2n) is 14.7. The van der Waals surface area contributed by atoms with Crippen molar-refractivity contribution in [3.05, 3.63) is 210 Å². The summed E-state index contributed by atoms with van der Waals surface area (Å²) in [5.74, 6) is 1.97. The molecule has 0 saturated heterocycles. The maximum absolute atomic E-state index is 5.17. The highest BCUT2D eigenvalue weighted by Crippen LogP contribution is 2.63. The second kappa shape index (κ2) is 12.0. The van der Waals surface area contributed by atoms with Crippen LogP contribution in [0.3, 0.4) is 0 Å². The molecule has 2 aromatic heterocycles. The summed E-state index contributed by atoms with van der Waals surface area (Å²) in [5, 5.41) is 2.53. The first-order chi connectivity index (χ1) is 27.7.